The fraction of sp³-hybridized carbons (Fsp3) is 0.0417. The molecule has 1 fully saturated rings. The lowest BCUT2D eigenvalue weighted by Crippen LogP contribution is -2.54. The molecule has 0 aliphatic carbocycles. The molecule has 8 heteroatoms. The van der Waals surface area contributed by atoms with E-state index in [0.717, 1.165) is 14.9 Å². The zero-order valence-corrected chi connectivity index (χ0v) is 18.9. The summed E-state index contributed by atoms with van der Waals surface area (Å²) in [5.41, 5.74) is 1.69. The van der Waals surface area contributed by atoms with Crippen LogP contribution in [0.15, 0.2) is 82.8 Å². The summed E-state index contributed by atoms with van der Waals surface area (Å²) in [6.07, 6.45) is 1.44. The van der Waals surface area contributed by atoms with E-state index < -0.39 is 17.8 Å². The zero-order chi connectivity index (χ0) is 22.7. The van der Waals surface area contributed by atoms with Crippen LogP contribution in [-0.4, -0.2) is 17.8 Å². The summed E-state index contributed by atoms with van der Waals surface area (Å²) < 4.78 is 6.55. The number of carbonyl (C=O) groups is 3. The molecule has 32 heavy (non-hydrogen) atoms. The van der Waals surface area contributed by atoms with E-state index in [1.54, 1.807) is 54.6 Å². The maximum absolute atomic E-state index is 12.9. The molecule has 4 rings (SSSR count). The number of urea groups is 1. The SMILES string of the molecule is O=C1NC(=O)N(c2ccc(Br)cc2)C(=O)C1=Cc1ccc(OCc2ccccc2Cl)cc1. The summed E-state index contributed by atoms with van der Waals surface area (Å²) in [5, 5.41) is 2.83. The molecule has 3 aromatic carbocycles. The van der Waals surface area contributed by atoms with Gasteiger partial charge in [-0.05, 0) is 54.1 Å². The minimum absolute atomic E-state index is 0.141. The van der Waals surface area contributed by atoms with Crippen molar-refractivity contribution in [1.29, 1.82) is 0 Å². The van der Waals surface area contributed by atoms with Crippen LogP contribution in [0, 0.1) is 0 Å². The highest BCUT2D eigenvalue weighted by atomic mass is 79.9. The van der Waals surface area contributed by atoms with Gasteiger partial charge in [0.1, 0.15) is 17.9 Å². The number of carbonyl (C=O) groups excluding carboxylic acids is 3. The number of anilines is 1. The highest BCUT2D eigenvalue weighted by Crippen LogP contribution is 2.24. The molecule has 160 valence electrons. The Morgan fingerprint density at radius 1 is 0.938 bits per heavy atom. The molecule has 0 radical (unpaired) electrons. The van der Waals surface area contributed by atoms with E-state index in [0.29, 0.717) is 28.6 Å². The van der Waals surface area contributed by atoms with Crippen molar-refractivity contribution >= 4 is 57.1 Å². The van der Waals surface area contributed by atoms with Gasteiger partial charge in [0, 0.05) is 15.1 Å². The van der Waals surface area contributed by atoms with E-state index in [1.807, 2.05) is 18.2 Å². The Morgan fingerprint density at radius 2 is 1.62 bits per heavy atom. The van der Waals surface area contributed by atoms with Gasteiger partial charge < -0.3 is 4.74 Å². The monoisotopic (exact) mass is 510 g/mol. The first-order valence-electron chi connectivity index (χ1n) is 9.55. The first-order valence-corrected chi connectivity index (χ1v) is 10.7. The van der Waals surface area contributed by atoms with Gasteiger partial charge in [0.2, 0.25) is 0 Å². The maximum atomic E-state index is 12.9. The van der Waals surface area contributed by atoms with E-state index in [-0.39, 0.29) is 5.57 Å². The van der Waals surface area contributed by atoms with E-state index in [4.69, 9.17) is 16.3 Å². The Hall–Kier alpha value is -3.42. The molecule has 0 unspecified atom stereocenters. The lowest BCUT2D eigenvalue weighted by molar-refractivity contribution is -0.122. The molecule has 0 spiro atoms. The standard InChI is InChI=1S/C24H16BrClN2O4/c25-17-7-9-18(10-8-17)28-23(30)20(22(29)27-24(28)31)13-15-5-11-19(12-6-15)32-14-16-3-1-2-4-21(16)26/h1-13H,14H2,(H,27,29,31). The second kappa shape index (κ2) is 9.38. The highest BCUT2D eigenvalue weighted by Gasteiger charge is 2.36. The number of nitrogens with zero attached hydrogens (tertiary/aromatic N) is 1. The summed E-state index contributed by atoms with van der Waals surface area (Å²) in [5.74, 6) is -0.828. The Bertz CT molecular complexity index is 1220. The van der Waals surface area contributed by atoms with Crippen molar-refractivity contribution in [3.63, 3.8) is 0 Å². The summed E-state index contributed by atoms with van der Waals surface area (Å²) >= 11 is 9.45. The van der Waals surface area contributed by atoms with Gasteiger partial charge in [0.25, 0.3) is 11.8 Å². The van der Waals surface area contributed by atoms with Crippen LogP contribution in [0.5, 0.6) is 5.75 Å². The number of nitrogens with one attached hydrogen (secondary N) is 1. The summed E-state index contributed by atoms with van der Waals surface area (Å²) in [7, 11) is 0. The lowest BCUT2D eigenvalue weighted by atomic mass is 10.1. The van der Waals surface area contributed by atoms with Crippen molar-refractivity contribution in [3.8, 4) is 5.75 Å². The van der Waals surface area contributed by atoms with Gasteiger partial charge >= 0.3 is 6.03 Å². The Morgan fingerprint density at radius 3 is 2.31 bits per heavy atom. The van der Waals surface area contributed by atoms with Crippen LogP contribution < -0.4 is 15.0 Å². The van der Waals surface area contributed by atoms with Crippen LogP contribution in [-0.2, 0) is 16.2 Å². The summed E-state index contributed by atoms with van der Waals surface area (Å²) in [6.45, 7) is 0.311. The number of amides is 4. The van der Waals surface area contributed by atoms with Crippen LogP contribution in [0.25, 0.3) is 6.08 Å². The highest BCUT2D eigenvalue weighted by molar-refractivity contribution is 9.10. The zero-order valence-electron chi connectivity index (χ0n) is 16.5. The molecule has 0 bridgehead atoms. The summed E-state index contributed by atoms with van der Waals surface area (Å²) in [4.78, 5) is 38.4. The first kappa shape index (κ1) is 21.8. The fourth-order valence-corrected chi connectivity index (χ4v) is 3.54. The van der Waals surface area contributed by atoms with E-state index in [1.165, 1.54) is 6.08 Å². The molecule has 1 aliphatic heterocycles. The minimum atomic E-state index is -0.789. The normalized spacial score (nSPS) is 15.1. The van der Waals surface area contributed by atoms with Crippen LogP contribution in [0.1, 0.15) is 11.1 Å². The molecule has 6 nitrogen and oxygen atoms in total. The fourth-order valence-electron chi connectivity index (χ4n) is 3.09. The number of barbiturate groups is 1. The number of benzene rings is 3. The average Bonchev–Trinajstić information content (AvgIpc) is 2.78. The molecule has 4 amide bonds. The van der Waals surface area contributed by atoms with E-state index in [9.17, 15) is 14.4 Å². The maximum Gasteiger partial charge on any atom is 0.335 e. The molecule has 1 saturated heterocycles. The third kappa shape index (κ3) is 4.74. The average molecular weight is 512 g/mol. The molecular formula is C24H16BrClN2O4. The number of halogens is 2. The van der Waals surface area contributed by atoms with Crippen molar-refractivity contribution in [2.45, 2.75) is 6.61 Å². The van der Waals surface area contributed by atoms with Crippen molar-refractivity contribution < 1.29 is 19.1 Å². The number of ether oxygens (including phenoxy) is 1. The van der Waals surface area contributed by atoms with Crippen LogP contribution >= 0.6 is 27.5 Å². The van der Waals surface area contributed by atoms with Gasteiger partial charge in [-0.1, -0.05) is 57.9 Å². The second-order valence-electron chi connectivity index (χ2n) is 6.88. The van der Waals surface area contributed by atoms with Crippen LogP contribution in [0.4, 0.5) is 10.5 Å². The van der Waals surface area contributed by atoms with Gasteiger partial charge in [0.15, 0.2) is 0 Å². The van der Waals surface area contributed by atoms with Gasteiger partial charge in [-0.15, -0.1) is 0 Å². The number of rotatable bonds is 5. The van der Waals surface area contributed by atoms with Crippen LogP contribution in [0.2, 0.25) is 5.02 Å². The van der Waals surface area contributed by atoms with E-state index >= 15 is 0 Å². The van der Waals surface area contributed by atoms with Crippen LogP contribution in [0.3, 0.4) is 0 Å². The first-order chi connectivity index (χ1) is 15.4. The Balaban J connectivity index is 1.52. The smallest absolute Gasteiger partial charge is 0.335 e. The van der Waals surface area contributed by atoms with Crippen molar-refractivity contribution in [2.24, 2.45) is 0 Å². The number of imide groups is 2. The molecule has 1 aliphatic rings. The third-order valence-corrected chi connectivity index (χ3v) is 5.63. The van der Waals surface area contributed by atoms with Gasteiger partial charge in [-0.25, -0.2) is 9.69 Å². The molecule has 3 aromatic rings. The summed E-state index contributed by atoms with van der Waals surface area (Å²) in [6, 6.07) is 20.1. The molecule has 0 aromatic heterocycles. The predicted molar refractivity (Wildman–Crippen MR) is 125 cm³/mol. The molecule has 0 saturated carbocycles. The third-order valence-electron chi connectivity index (χ3n) is 4.73. The largest absolute Gasteiger partial charge is 0.489 e. The van der Waals surface area contributed by atoms with Gasteiger partial charge in [-0.2, -0.15) is 0 Å². The topological polar surface area (TPSA) is 75.7 Å². The Kier molecular flexibility index (Phi) is 6.39. The van der Waals surface area contributed by atoms with E-state index in [2.05, 4.69) is 21.2 Å². The lowest BCUT2D eigenvalue weighted by Gasteiger charge is -2.26. The van der Waals surface area contributed by atoms with Gasteiger partial charge in [-0.3, -0.25) is 14.9 Å². The molecular weight excluding hydrogens is 496 g/mol. The Labute approximate surface area is 197 Å². The minimum Gasteiger partial charge on any atom is -0.489 e. The van der Waals surface area contributed by atoms with Gasteiger partial charge in [0.05, 0.1) is 5.69 Å². The molecule has 1 heterocycles. The molecule has 1 N–H and O–H groups in total. The quantitative estimate of drug-likeness (QED) is 0.370. The van der Waals surface area contributed by atoms with Crippen molar-refractivity contribution in [2.75, 3.05) is 4.90 Å². The predicted octanol–water partition coefficient (Wildman–Crippen LogP) is 5.35. The molecule has 0 atom stereocenters. The second-order valence-corrected chi connectivity index (χ2v) is 8.21. The van der Waals surface area contributed by atoms with Crippen molar-refractivity contribution in [1.82, 2.24) is 5.32 Å². The number of hydrogen-bond acceptors (Lipinski definition) is 4. The number of hydrogen-bond donors (Lipinski definition) is 1. The van der Waals surface area contributed by atoms with Crippen molar-refractivity contribution in [3.05, 3.63) is 99.0 Å².